The number of ether oxygens (including phenoxy) is 1. The quantitative estimate of drug-likeness (QED) is 0.419. The van der Waals surface area contributed by atoms with E-state index >= 15 is 0 Å². The Labute approximate surface area is 120 Å². The Bertz CT molecular complexity index is 222. The summed E-state index contributed by atoms with van der Waals surface area (Å²) in [5, 5.41) is 33.1. The van der Waals surface area contributed by atoms with Crippen LogP contribution < -0.4 is 0 Å². The van der Waals surface area contributed by atoms with Gasteiger partial charge in [-0.3, -0.25) is 4.79 Å². The molecule has 6 nitrogen and oxygen atoms in total. The molecule has 1 saturated heterocycles. The summed E-state index contributed by atoms with van der Waals surface area (Å²) in [6.45, 7) is 0.388. The van der Waals surface area contributed by atoms with Crippen LogP contribution in [0.4, 0.5) is 0 Å². The summed E-state index contributed by atoms with van der Waals surface area (Å²) in [4.78, 5) is 10.5. The molecule has 4 N–H and O–H groups in total. The third kappa shape index (κ3) is 12.3. The van der Waals surface area contributed by atoms with E-state index in [0.29, 0.717) is 25.9 Å². The minimum Gasteiger partial charge on any atom is -0.466 e. The number of esters is 1. The Balaban J connectivity index is 0.000000289. The zero-order chi connectivity index (χ0) is 15.3. The lowest BCUT2D eigenvalue weighted by molar-refractivity contribution is -0.180. The van der Waals surface area contributed by atoms with E-state index in [1.807, 2.05) is 0 Å². The van der Waals surface area contributed by atoms with Gasteiger partial charge >= 0.3 is 5.97 Å². The molecule has 0 aromatic heterocycles. The number of hydrogen-bond acceptors (Lipinski definition) is 6. The smallest absolute Gasteiger partial charge is 0.305 e. The molecule has 2 rings (SSSR count). The van der Waals surface area contributed by atoms with Gasteiger partial charge in [-0.2, -0.15) is 0 Å². The maximum Gasteiger partial charge on any atom is 0.305 e. The second-order valence-corrected chi connectivity index (χ2v) is 5.02. The van der Waals surface area contributed by atoms with Crippen LogP contribution in [0, 0.1) is 0 Å². The van der Waals surface area contributed by atoms with Gasteiger partial charge in [0, 0.05) is 19.3 Å². The van der Waals surface area contributed by atoms with Crippen molar-refractivity contribution in [1.82, 2.24) is 0 Å². The SMILES string of the molecule is O=C1CCCCCO1.OC1(O)CCCCC1.OCCO. The van der Waals surface area contributed by atoms with Gasteiger partial charge in [0.25, 0.3) is 0 Å². The van der Waals surface area contributed by atoms with Gasteiger partial charge in [-0.25, -0.2) is 0 Å². The van der Waals surface area contributed by atoms with Crippen molar-refractivity contribution in [1.29, 1.82) is 0 Å². The van der Waals surface area contributed by atoms with Crippen LogP contribution in [-0.4, -0.2) is 52.0 Å². The van der Waals surface area contributed by atoms with E-state index in [9.17, 15) is 4.79 Å². The van der Waals surface area contributed by atoms with Crippen molar-refractivity contribution >= 4 is 5.97 Å². The Hall–Kier alpha value is -0.690. The molecule has 2 aliphatic rings. The summed E-state index contributed by atoms with van der Waals surface area (Å²) in [6.07, 6.45) is 8.04. The van der Waals surface area contributed by atoms with Gasteiger partial charge in [-0.15, -0.1) is 0 Å². The molecular formula is C14H28O6. The van der Waals surface area contributed by atoms with Crippen molar-refractivity contribution in [3.05, 3.63) is 0 Å². The van der Waals surface area contributed by atoms with Crippen LogP contribution in [0.1, 0.15) is 57.8 Å². The number of carbonyl (C=O) groups is 1. The van der Waals surface area contributed by atoms with Crippen molar-refractivity contribution in [2.45, 2.75) is 63.6 Å². The Kier molecular flexibility index (Phi) is 11.7. The zero-order valence-corrected chi connectivity index (χ0v) is 12.1. The molecule has 0 amide bonds. The highest BCUT2D eigenvalue weighted by Gasteiger charge is 2.24. The molecule has 0 aromatic rings. The first-order chi connectivity index (χ1) is 9.52. The molecule has 1 saturated carbocycles. The van der Waals surface area contributed by atoms with Crippen molar-refractivity contribution in [2.24, 2.45) is 0 Å². The average Bonchev–Trinajstić information content (AvgIpc) is 2.67. The van der Waals surface area contributed by atoms with E-state index < -0.39 is 5.79 Å². The van der Waals surface area contributed by atoms with Gasteiger partial charge in [-0.05, 0) is 32.1 Å². The molecule has 2 fully saturated rings. The van der Waals surface area contributed by atoms with Gasteiger partial charge in [0.2, 0.25) is 0 Å². The van der Waals surface area contributed by atoms with Gasteiger partial charge in [0.05, 0.1) is 19.8 Å². The average molecular weight is 292 g/mol. The molecule has 1 aliphatic heterocycles. The first kappa shape index (κ1) is 19.3. The first-order valence-electron chi connectivity index (χ1n) is 7.34. The largest absolute Gasteiger partial charge is 0.466 e. The summed E-state index contributed by atoms with van der Waals surface area (Å²) in [7, 11) is 0. The topological polar surface area (TPSA) is 107 Å². The molecule has 0 aromatic carbocycles. The van der Waals surface area contributed by atoms with E-state index in [-0.39, 0.29) is 19.2 Å². The standard InChI is InChI=1S/C6H10O2.C6H12O2.C2H6O2/c7-6-4-2-1-3-5-8-6;7-6(8)4-2-1-3-5-6;3-1-2-4/h1-5H2;7-8H,1-5H2;3-4H,1-2H2. The number of aliphatic hydroxyl groups excluding tert-OH is 2. The molecule has 0 unspecified atom stereocenters. The number of cyclic esters (lactones) is 1. The number of hydrogen-bond donors (Lipinski definition) is 4. The highest BCUT2D eigenvalue weighted by Crippen LogP contribution is 2.24. The predicted octanol–water partition coefficient (Wildman–Crippen LogP) is 0.706. The summed E-state index contributed by atoms with van der Waals surface area (Å²) in [5.74, 6) is -1.35. The maximum absolute atomic E-state index is 10.5. The zero-order valence-electron chi connectivity index (χ0n) is 12.1. The molecular weight excluding hydrogens is 264 g/mol. The van der Waals surface area contributed by atoms with Crippen molar-refractivity contribution < 1.29 is 30.0 Å². The second-order valence-electron chi connectivity index (χ2n) is 5.02. The predicted molar refractivity (Wildman–Crippen MR) is 73.9 cm³/mol. The van der Waals surface area contributed by atoms with Crippen LogP contribution in [0.5, 0.6) is 0 Å². The third-order valence-corrected chi connectivity index (χ3v) is 3.04. The summed E-state index contributed by atoms with van der Waals surface area (Å²) in [5.41, 5.74) is 0. The van der Waals surface area contributed by atoms with Crippen LogP contribution in [-0.2, 0) is 9.53 Å². The normalized spacial score (nSPS) is 21.3. The van der Waals surface area contributed by atoms with E-state index in [0.717, 1.165) is 38.5 Å². The lowest BCUT2D eigenvalue weighted by Gasteiger charge is -2.25. The lowest BCUT2D eigenvalue weighted by atomic mass is 9.95. The first-order valence-corrected chi connectivity index (χ1v) is 7.34. The molecule has 20 heavy (non-hydrogen) atoms. The van der Waals surface area contributed by atoms with Crippen molar-refractivity contribution in [2.75, 3.05) is 19.8 Å². The summed E-state index contributed by atoms with van der Waals surface area (Å²) >= 11 is 0. The van der Waals surface area contributed by atoms with Crippen LogP contribution in [0.15, 0.2) is 0 Å². The highest BCUT2D eigenvalue weighted by atomic mass is 16.5. The summed E-state index contributed by atoms with van der Waals surface area (Å²) in [6, 6.07) is 0. The van der Waals surface area contributed by atoms with Crippen LogP contribution in [0.25, 0.3) is 0 Å². The second kappa shape index (κ2) is 12.1. The number of rotatable bonds is 1. The molecule has 1 heterocycles. The fraction of sp³-hybridized carbons (Fsp3) is 0.929. The molecule has 1 aliphatic carbocycles. The lowest BCUT2D eigenvalue weighted by Crippen LogP contribution is -2.30. The Morgan fingerprint density at radius 2 is 1.45 bits per heavy atom. The minimum absolute atomic E-state index is 0.0255. The van der Waals surface area contributed by atoms with Crippen LogP contribution >= 0.6 is 0 Å². The monoisotopic (exact) mass is 292 g/mol. The van der Waals surface area contributed by atoms with Crippen molar-refractivity contribution in [3.8, 4) is 0 Å². The van der Waals surface area contributed by atoms with Gasteiger partial charge in [0.1, 0.15) is 0 Å². The number of carbonyl (C=O) groups excluding carboxylic acids is 1. The molecule has 0 atom stereocenters. The Morgan fingerprint density at radius 1 is 0.900 bits per heavy atom. The molecule has 6 heteroatoms. The molecule has 120 valence electrons. The minimum atomic E-state index is -1.32. The molecule has 0 spiro atoms. The van der Waals surface area contributed by atoms with E-state index in [1.165, 1.54) is 0 Å². The van der Waals surface area contributed by atoms with Gasteiger partial charge < -0.3 is 25.2 Å². The number of aliphatic hydroxyl groups is 4. The van der Waals surface area contributed by atoms with Gasteiger partial charge in [0.15, 0.2) is 5.79 Å². The Morgan fingerprint density at radius 3 is 1.90 bits per heavy atom. The third-order valence-electron chi connectivity index (χ3n) is 3.04. The van der Waals surface area contributed by atoms with E-state index in [4.69, 9.17) is 25.2 Å². The van der Waals surface area contributed by atoms with Gasteiger partial charge in [-0.1, -0.05) is 6.42 Å². The van der Waals surface area contributed by atoms with Crippen molar-refractivity contribution in [3.63, 3.8) is 0 Å². The van der Waals surface area contributed by atoms with Crippen LogP contribution in [0.2, 0.25) is 0 Å². The van der Waals surface area contributed by atoms with Crippen LogP contribution in [0.3, 0.4) is 0 Å². The van der Waals surface area contributed by atoms with E-state index in [2.05, 4.69) is 0 Å². The summed E-state index contributed by atoms with van der Waals surface area (Å²) < 4.78 is 4.76. The molecule has 0 bridgehead atoms. The molecule has 0 radical (unpaired) electrons. The fourth-order valence-corrected chi connectivity index (χ4v) is 1.92. The fourth-order valence-electron chi connectivity index (χ4n) is 1.92. The highest BCUT2D eigenvalue weighted by molar-refractivity contribution is 5.69. The van der Waals surface area contributed by atoms with E-state index in [1.54, 1.807) is 0 Å². The maximum atomic E-state index is 10.5.